The molecule has 0 aromatic rings. The highest BCUT2D eigenvalue weighted by molar-refractivity contribution is 7.78. The van der Waals surface area contributed by atoms with Gasteiger partial charge in [-0.3, -0.25) is 4.79 Å². The van der Waals surface area contributed by atoms with Crippen molar-refractivity contribution in [1.82, 2.24) is 10.2 Å². The number of amides is 1. The molecule has 0 aromatic heterocycles. The molecule has 1 fully saturated rings. The van der Waals surface area contributed by atoms with E-state index in [9.17, 15) is 15.0 Å². The average Bonchev–Trinajstić information content (AvgIpc) is 2.58. The summed E-state index contributed by atoms with van der Waals surface area (Å²) in [6.45, 7) is 0.996. The van der Waals surface area contributed by atoms with E-state index in [0.717, 1.165) is 5.49 Å². The third-order valence-electron chi connectivity index (χ3n) is 2.97. The first-order valence-corrected chi connectivity index (χ1v) is 6.12. The van der Waals surface area contributed by atoms with E-state index in [1.165, 1.54) is 24.1 Å². The van der Waals surface area contributed by atoms with E-state index in [1.807, 2.05) is 0 Å². The number of rotatable bonds is 5. The van der Waals surface area contributed by atoms with E-state index in [-0.39, 0.29) is 0 Å². The van der Waals surface area contributed by atoms with E-state index < -0.39 is 36.6 Å². The van der Waals surface area contributed by atoms with Gasteiger partial charge < -0.3 is 30.3 Å². The number of hydrogen-bond donors (Lipinski definition) is 4. The fourth-order valence-corrected chi connectivity index (χ4v) is 2.04. The lowest BCUT2D eigenvalue weighted by Crippen LogP contribution is -2.50. The summed E-state index contributed by atoms with van der Waals surface area (Å²) < 4.78 is 5.36. The van der Waals surface area contributed by atoms with E-state index in [4.69, 9.17) is 9.84 Å². The topological polar surface area (TPSA) is 102 Å². The van der Waals surface area contributed by atoms with Crippen LogP contribution in [-0.4, -0.2) is 69.3 Å². The second kappa shape index (κ2) is 6.40. The minimum absolute atomic E-state index is 0.406. The molecule has 1 amide bonds. The van der Waals surface area contributed by atoms with Crippen molar-refractivity contribution in [3.63, 3.8) is 0 Å². The molecule has 0 radical (unpaired) electrons. The quantitative estimate of drug-likeness (QED) is 0.355. The molecule has 1 rings (SSSR count). The van der Waals surface area contributed by atoms with Crippen molar-refractivity contribution in [3.8, 4) is 0 Å². The second-order valence-corrected chi connectivity index (χ2v) is 4.72. The van der Waals surface area contributed by atoms with Gasteiger partial charge in [0.25, 0.3) is 0 Å². The molecule has 0 aliphatic carbocycles. The molecule has 4 atom stereocenters. The van der Waals surface area contributed by atoms with Gasteiger partial charge in [-0.25, -0.2) is 0 Å². The number of aliphatic hydroxyl groups is 3. The average molecular weight is 290 g/mol. The number of aliphatic hydroxyl groups excluding tert-OH is 2. The number of likely N-dealkylation sites (N-methyl/N-ethyl adjacent to an activating group) is 1. The van der Waals surface area contributed by atoms with Crippen molar-refractivity contribution in [2.45, 2.75) is 31.0 Å². The van der Waals surface area contributed by atoms with Gasteiger partial charge in [0.05, 0.1) is 12.1 Å². The number of nitrogens with zero attached hydrogens (tertiary/aromatic N) is 1. The van der Waals surface area contributed by atoms with Crippen LogP contribution in [-0.2, 0) is 9.53 Å². The van der Waals surface area contributed by atoms with Crippen LogP contribution in [0.3, 0.4) is 0 Å². The molecule has 19 heavy (non-hydrogen) atoms. The van der Waals surface area contributed by atoms with Crippen LogP contribution in [0.4, 0.5) is 0 Å². The third-order valence-corrected chi connectivity index (χ3v) is 3.08. The summed E-state index contributed by atoms with van der Waals surface area (Å²) in [6.07, 6.45) is -0.365. The molecule has 1 heterocycles. The monoisotopic (exact) mass is 290 g/mol. The Labute approximate surface area is 116 Å². The van der Waals surface area contributed by atoms with Crippen molar-refractivity contribution in [2.75, 3.05) is 13.7 Å². The van der Waals surface area contributed by atoms with Gasteiger partial charge in [-0.05, 0) is 6.92 Å². The molecule has 7 nitrogen and oxygen atoms in total. The van der Waals surface area contributed by atoms with E-state index in [0.29, 0.717) is 0 Å². The zero-order valence-electron chi connectivity index (χ0n) is 10.7. The van der Waals surface area contributed by atoms with Gasteiger partial charge in [-0.1, -0.05) is 12.2 Å². The van der Waals surface area contributed by atoms with Crippen LogP contribution >= 0.6 is 12.2 Å². The number of carbonyl (C=O) groups excluding carboxylic acids is 1. The Hall–Kier alpha value is -1.06. The standard InChI is InChI=1S/C11H18N2O5S/c1-11(17)9(16)7(5-14)18-10(11)13(2)4-3-8(15)12-6-19/h3-4,6-7,9-10,14,16-17H,5H2,1-2H3,(H,12,15,19)/b4-3-. The molecule has 108 valence electrons. The molecule has 1 aliphatic rings. The van der Waals surface area contributed by atoms with Gasteiger partial charge in [0.1, 0.15) is 17.8 Å². The van der Waals surface area contributed by atoms with Crippen LogP contribution in [0.1, 0.15) is 6.92 Å². The number of carbonyl (C=O) groups is 1. The largest absolute Gasteiger partial charge is 0.394 e. The summed E-state index contributed by atoms with van der Waals surface area (Å²) in [6, 6.07) is 0. The minimum Gasteiger partial charge on any atom is -0.394 e. The van der Waals surface area contributed by atoms with Crippen molar-refractivity contribution in [3.05, 3.63) is 12.3 Å². The number of ether oxygens (including phenoxy) is 1. The lowest BCUT2D eigenvalue weighted by molar-refractivity contribution is -0.117. The molecule has 4 N–H and O–H groups in total. The highest BCUT2D eigenvalue weighted by atomic mass is 32.1. The first-order valence-electron chi connectivity index (χ1n) is 5.65. The normalized spacial score (nSPS) is 34.5. The SMILES string of the molecule is CN(/C=C\C(=O)NC=S)C1OC(CO)C(O)C1(C)O. The van der Waals surface area contributed by atoms with Crippen LogP contribution in [0, 0.1) is 0 Å². The zero-order valence-corrected chi connectivity index (χ0v) is 11.5. The zero-order chi connectivity index (χ0) is 14.6. The summed E-state index contributed by atoms with van der Waals surface area (Å²) in [4.78, 5) is 12.6. The Kier molecular flexibility index (Phi) is 5.39. The highest BCUT2D eigenvalue weighted by Crippen LogP contribution is 2.32. The Morgan fingerprint density at radius 2 is 2.26 bits per heavy atom. The Bertz CT molecular complexity index is 374. The summed E-state index contributed by atoms with van der Waals surface area (Å²) in [5.41, 5.74) is -0.479. The maximum atomic E-state index is 11.2. The van der Waals surface area contributed by atoms with Gasteiger partial charge in [-0.2, -0.15) is 0 Å². The Morgan fingerprint density at radius 3 is 2.74 bits per heavy atom. The molecule has 1 saturated heterocycles. The lowest BCUT2D eigenvalue weighted by atomic mass is 9.96. The van der Waals surface area contributed by atoms with E-state index >= 15 is 0 Å². The predicted molar refractivity (Wildman–Crippen MR) is 71.1 cm³/mol. The molecule has 0 aromatic carbocycles. The predicted octanol–water partition coefficient (Wildman–Crippen LogP) is -1.67. The Balaban J connectivity index is 2.74. The van der Waals surface area contributed by atoms with Crippen LogP contribution in [0.25, 0.3) is 0 Å². The maximum absolute atomic E-state index is 11.2. The fraction of sp³-hybridized carbons (Fsp3) is 0.636. The number of hydrogen-bond acceptors (Lipinski definition) is 7. The van der Waals surface area contributed by atoms with Crippen molar-refractivity contribution in [1.29, 1.82) is 0 Å². The van der Waals surface area contributed by atoms with Crippen molar-refractivity contribution < 1.29 is 24.9 Å². The van der Waals surface area contributed by atoms with Gasteiger partial charge >= 0.3 is 0 Å². The van der Waals surface area contributed by atoms with Crippen molar-refractivity contribution in [2.24, 2.45) is 0 Å². The third kappa shape index (κ3) is 3.48. The van der Waals surface area contributed by atoms with Crippen LogP contribution in [0.15, 0.2) is 12.3 Å². The molecule has 0 spiro atoms. The minimum atomic E-state index is -1.56. The second-order valence-electron chi connectivity index (χ2n) is 4.49. The van der Waals surface area contributed by atoms with Crippen LogP contribution < -0.4 is 5.32 Å². The molecular weight excluding hydrogens is 272 g/mol. The van der Waals surface area contributed by atoms with E-state index in [2.05, 4.69) is 17.5 Å². The van der Waals surface area contributed by atoms with Gasteiger partial charge in [0.15, 0.2) is 6.23 Å². The first-order chi connectivity index (χ1) is 8.84. The van der Waals surface area contributed by atoms with Crippen LogP contribution in [0.2, 0.25) is 0 Å². The number of thiocarbonyl (C=S) groups is 1. The van der Waals surface area contributed by atoms with Gasteiger partial charge in [0.2, 0.25) is 5.91 Å². The molecule has 8 heteroatoms. The summed E-state index contributed by atoms with van der Waals surface area (Å²) in [5, 5.41) is 31.3. The smallest absolute Gasteiger partial charge is 0.249 e. The molecule has 0 bridgehead atoms. The van der Waals surface area contributed by atoms with Gasteiger partial charge in [-0.15, -0.1) is 0 Å². The summed E-state index contributed by atoms with van der Waals surface area (Å²) in [7, 11) is 1.58. The number of nitrogens with one attached hydrogen (secondary N) is 1. The molecule has 0 saturated carbocycles. The summed E-state index contributed by atoms with van der Waals surface area (Å²) in [5.74, 6) is -0.418. The molecular formula is C11H18N2O5S. The lowest BCUT2D eigenvalue weighted by Gasteiger charge is -2.32. The summed E-state index contributed by atoms with van der Waals surface area (Å²) >= 11 is 4.47. The highest BCUT2D eigenvalue weighted by Gasteiger charge is 2.53. The maximum Gasteiger partial charge on any atom is 0.249 e. The van der Waals surface area contributed by atoms with Gasteiger partial charge in [0, 0.05) is 19.3 Å². The Morgan fingerprint density at radius 1 is 1.63 bits per heavy atom. The van der Waals surface area contributed by atoms with Crippen LogP contribution in [0.5, 0.6) is 0 Å². The van der Waals surface area contributed by atoms with E-state index in [1.54, 1.807) is 7.05 Å². The van der Waals surface area contributed by atoms with Crippen molar-refractivity contribution >= 4 is 23.6 Å². The molecule has 1 aliphatic heterocycles. The fourth-order valence-electron chi connectivity index (χ4n) is 1.92. The first kappa shape index (κ1) is 16.0. The molecule has 4 unspecified atom stereocenters.